The molecule has 0 bridgehead atoms. The normalized spacial score (nSPS) is 14.2. The molecule has 2 rings (SSSR count). The molecule has 7 heteroatoms. The first-order valence-electron chi connectivity index (χ1n) is 5.68. The maximum atomic E-state index is 11.8. The summed E-state index contributed by atoms with van der Waals surface area (Å²) in [6.07, 6.45) is 3.27. The molecule has 0 saturated carbocycles. The highest BCUT2D eigenvalue weighted by Gasteiger charge is 2.24. The molecule has 0 aromatic carbocycles. The van der Waals surface area contributed by atoms with E-state index in [-0.39, 0.29) is 5.75 Å². The van der Waals surface area contributed by atoms with Gasteiger partial charge in [-0.25, -0.2) is 8.42 Å². The maximum absolute atomic E-state index is 11.8. The fraction of sp³-hybridized carbons (Fsp3) is 0.545. The average molecular weight is 305 g/mol. The van der Waals surface area contributed by atoms with Gasteiger partial charge in [-0.15, -0.1) is 22.9 Å². The van der Waals surface area contributed by atoms with E-state index in [0.717, 1.165) is 29.7 Å². The van der Waals surface area contributed by atoms with E-state index in [1.54, 1.807) is 0 Å². The van der Waals surface area contributed by atoms with Gasteiger partial charge in [0.05, 0.1) is 11.3 Å². The summed E-state index contributed by atoms with van der Waals surface area (Å²) in [6, 6.07) is 2.11. The van der Waals surface area contributed by atoms with Crippen molar-refractivity contribution in [3.8, 4) is 6.07 Å². The number of nitriles is 1. The molecule has 0 saturated heterocycles. The summed E-state index contributed by atoms with van der Waals surface area (Å²) in [4.78, 5) is 1.14. The average Bonchev–Trinajstić information content (AvgIpc) is 2.86. The number of anilines is 1. The lowest BCUT2D eigenvalue weighted by Crippen LogP contribution is -2.16. The molecule has 0 unspecified atom stereocenters. The molecule has 0 aliphatic heterocycles. The highest BCUT2D eigenvalue weighted by Crippen LogP contribution is 2.38. The number of aryl methyl sites for hydroxylation is 1. The summed E-state index contributed by atoms with van der Waals surface area (Å²) in [5.74, 6) is 0.302. The van der Waals surface area contributed by atoms with Crippen LogP contribution >= 0.6 is 22.9 Å². The van der Waals surface area contributed by atoms with Gasteiger partial charge in [0.15, 0.2) is 0 Å². The topological polar surface area (TPSA) is 70.0 Å². The van der Waals surface area contributed by atoms with Crippen molar-refractivity contribution < 1.29 is 8.42 Å². The Balaban J connectivity index is 2.23. The Morgan fingerprint density at radius 2 is 2.22 bits per heavy atom. The van der Waals surface area contributed by atoms with Gasteiger partial charge in [-0.05, 0) is 31.2 Å². The summed E-state index contributed by atoms with van der Waals surface area (Å²) in [5.41, 5.74) is 1.53. The van der Waals surface area contributed by atoms with Crippen molar-refractivity contribution in [3.63, 3.8) is 0 Å². The molecule has 1 N–H and O–H groups in total. The highest BCUT2D eigenvalue weighted by molar-refractivity contribution is 7.92. The summed E-state index contributed by atoms with van der Waals surface area (Å²) in [7, 11) is -3.39. The Bertz CT molecular complexity index is 587. The molecule has 0 amide bonds. The monoisotopic (exact) mass is 304 g/mol. The van der Waals surface area contributed by atoms with Crippen molar-refractivity contribution >= 4 is 38.0 Å². The number of nitrogens with zero attached hydrogens (tertiary/aromatic N) is 1. The highest BCUT2D eigenvalue weighted by atomic mass is 35.5. The van der Waals surface area contributed by atoms with Crippen LogP contribution in [0.15, 0.2) is 0 Å². The number of hydrogen-bond donors (Lipinski definition) is 1. The zero-order valence-corrected chi connectivity index (χ0v) is 12.1. The molecule has 1 aliphatic rings. The number of alkyl halides is 1. The molecule has 98 valence electrons. The summed E-state index contributed by atoms with van der Waals surface area (Å²) in [6.45, 7) is 0. The van der Waals surface area contributed by atoms with Crippen LogP contribution in [0.1, 0.15) is 28.8 Å². The van der Waals surface area contributed by atoms with Crippen molar-refractivity contribution in [3.05, 3.63) is 16.0 Å². The number of sulfonamides is 1. The SMILES string of the molecule is N#Cc1c(NS(=O)(=O)CCCCl)sc2c1CCC2. The van der Waals surface area contributed by atoms with Gasteiger partial charge in [-0.1, -0.05) is 0 Å². The van der Waals surface area contributed by atoms with Crippen molar-refractivity contribution in [2.75, 3.05) is 16.4 Å². The third-order valence-corrected chi connectivity index (χ3v) is 5.77. The molecule has 1 heterocycles. The number of hydrogen-bond acceptors (Lipinski definition) is 4. The smallest absolute Gasteiger partial charge is 0.233 e. The van der Waals surface area contributed by atoms with E-state index in [9.17, 15) is 8.42 Å². The molecular formula is C11H13ClN2O2S2. The summed E-state index contributed by atoms with van der Waals surface area (Å²) >= 11 is 6.88. The standard InChI is InChI=1S/C11H13ClN2O2S2/c12-5-2-6-18(15,16)14-11-9(7-13)8-3-1-4-10(8)17-11/h14H,1-6H2. The Kier molecular flexibility index (Phi) is 4.15. The molecule has 0 radical (unpaired) electrons. The van der Waals surface area contributed by atoms with E-state index in [4.69, 9.17) is 16.9 Å². The molecular weight excluding hydrogens is 292 g/mol. The van der Waals surface area contributed by atoms with Crippen LogP contribution in [0.2, 0.25) is 0 Å². The van der Waals surface area contributed by atoms with Crippen LogP contribution in [-0.4, -0.2) is 20.1 Å². The minimum atomic E-state index is -3.39. The minimum Gasteiger partial charge on any atom is -0.273 e. The van der Waals surface area contributed by atoms with Crippen LogP contribution in [0.25, 0.3) is 0 Å². The van der Waals surface area contributed by atoms with E-state index < -0.39 is 10.0 Å². The number of nitrogens with one attached hydrogen (secondary N) is 1. The number of halogens is 1. The third-order valence-electron chi connectivity index (χ3n) is 2.83. The lowest BCUT2D eigenvalue weighted by molar-refractivity contribution is 0.600. The van der Waals surface area contributed by atoms with Crippen LogP contribution in [0.4, 0.5) is 5.00 Å². The zero-order valence-electron chi connectivity index (χ0n) is 9.70. The van der Waals surface area contributed by atoms with Gasteiger partial charge in [0.1, 0.15) is 11.1 Å². The Hall–Kier alpha value is -0.770. The largest absolute Gasteiger partial charge is 0.273 e. The van der Waals surface area contributed by atoms with E-state index >= 15 is 0 Å². The van der Waals surface area contributed by atoms with E-state index in [0.29, 0.717) is 22.9 Å². The van der Waals surface area contributed by atoms with Crippen molar-refractivity contribution in [1.82, 2.24) is 0 Å². The molecule has 0 atom stereocenters. The van der Waals surface area contributed by atoms with Gasteiger partial charge in [0.25, 0.3) is 0 Å². The second kappa shape index (κ2) is 5.47. The molecule has 0 spiro atoms. The lowest BCUT2D eigenvalue weighted by Gasteiger charge is -2.05. The predicted molar refractivity (Wildman–Crippen MR) is 73.8 cm³/mol. The quantitative estimate of drug-likeness (QED) is 0.850. The van der Waals surface area contributed by atoms with Gasteiger partial charge in [-0.2, -0.15) is 5.26 Å². The van der Waals surface area contributed by atoms with E-state index in [1.807, 2.05) is 0 Å². The molecule has 1 aromatic heterocycles. The predicted octanol–water partition coefficient (Wildman–Crippen LogP) is 2.48. The van der Waals surface area contributed by atoms with Crippen LogP contribution in [0, 0.1) is 11.3 Å². The van der Waals surface area contributed by atoms with Crippen LogP contribution in [-0.2, 0) is 22.9 Å². The zero-order chi connectivity index (χ0) is 13.2. The molecule has 18 heavy (non-hydrogen) atoms. The van der Waals surface area contributed by atoms with Crippen LogP contribution < -0.4 is 4.72 Å². The Labute approximate surface area is 116 Å². The fourth-order valence-electron chi connectivity index (χ4n) is 2.03. The van der Waals surface area contributed by atoms with E-state index in [1.165, 1.54) is 11.3 Å². The first kappa shape index (κ1) is 13.7. The molecule has 1 aromatic rings. The van der Waals surface area contributed by atoms with Gasteiger partial charge in [0.2, 0.25) is 10.0 Å². The van der Waals surface area contributed by atoms with Crippen molar-refractivity contribution in [1.29, 1.82) is 5.26 Å². The van der Waals surface area contributed by atoms with E-state index in [2.05, 4.69) is 10.8 Å². The van der Waals surface area contributed by atoms with Gasteiger partial charge in [-0.3, -0.25) is 4.72 Å². The number of thiophene rings is 1. The number of rotatable bonds is 5. The van der Waals surface area contributed by atoms with Gasteiger partial charge < -0.3 is 0 Å². The Morgan fingerprint density at radius 1 is 1.44 bits per heavy atom. The first-order chi connectivity index (χ1) is 8.57. The Morgan fingerprint density at radius 3 is 2.89 bits per heavy atom. The van der Waals surface area contributed by atoms with Gasteiger partial charge >= 0.3 is 0 Å². The summed E-state index contributed by atoms with van der Waals surface area (Å²) < 4.78 is 26.1. The third kappa shape index (κ3) is 2.79. The van der Waals surface area contributed by atoms with Crippen LogP contribution in [0.3, 0.4) is 0 Å². The second-order valence-electron chi connectivity index (χ2n) is 4.14. The van der Waals surface area contributed by atoms with Crippen molar-refractivity contribution in [2.45, 2.75) is 25.7 Å². The molecule has 1 aliphatic carbocycles. The molecule has 4 nitrogen and oxygen atoms in total. The summed E-state index contributed by atoms with van der Waals surface area (Å²) in [5, 5.41) is 9.61. The lowest BCUT2D eigenvalue weighted by atomic mass is 10.1. The van der Waals surface area contributed by atoms with Crippen LogP contribution in [0.5, 0.6) is 0 Å². The fourth-order valence-corrected chi connectivity index (χ4v) is 4.97. The van der Waals surface area contributed by atoms with Gasteiger partial charge in [0, 0.05) is 10.8 Å². The van der Waals surface area contributed by atoms with Crippen molar-refractivity contribution in [2.24, 2.45) is 0 Å². The maximum Gasteiger partial charge on any atom is 0.233 e. The molecule has 0 fully saturated rings. The number of fused-ring (bicyclic) bond motifs is 1. The first-order valence-corrected chi connectivity index (χ1v) is 8.69. The minimum absolute atomic E-state index is 0.00998. The second-order valence-corrected chi connectivity index (χ2v) is 7.46.